The van der Waals surface area contributed by atoms with Gasteiger partial charge in [0.05, 0.1) is 0 Å². The van der Waals surface area contributed by atoms with E-state index >= 15 is 0 Å². The normalized spacial score (nSPS) is 12.7. The largest absolute Gasteiger partial charge is 0.519 e. The SMILES string of the molecule is C[Si](C)(C)OC(=O)C(NCc1ccc(Cl)cc1)c1ccccc1. The van der Waals surface area contributed by atoms with E-state index in [-0.39, 0.29) is 5.97 Å². The Hall–Kier alpha value is -1.62. The number of benzene rings is 2. The second kappa shape index (κ2) is 7.77. The van der Waals surface area contributed by atoms with Crippen LogP contribution in [0.25, 0.3) is 0 Å². The maximum atomic E-state index is 12.6. The van der Waals surface area contributed by atoms with Crippen molar-refractivity contribution in [2.45, 2.75) is 32.2 Å². The van der Waals surface area contributed by atoms with Gasteiger partial charge in [0.2, 0.25) is 8.32 Å². The molecular weight excluding hydrogens is 326 g/mol. The summed E-state index contributed by atoms with van der Waals surface area (Å²) < 4.78 is 5.68. The van der Waals surface area contributed by atoms with Gasteiger partial charge in [-0.2, -0.15) is 0 Å². The van der Waals surface area contributed by atoms with Crippen LogP contribution in [0.2, 0.25) is 24.7 Å². The van der Waals surface area contributed by atoms with Gasteiger partial charge in [-0.3, -0.25) is 10.1 Å². The molecule has 0 fully saturated rings. The molecule has 0 saturated carbocycles. The van der Waals surface area contributed by atoms with Gasteiger partial charge in [-0.15, -0.1) is 0 Å². The monoisotopic (exact) mass is 347 g/mol. The number of hydrogen-bond acceptors (Lipinski definition) is 3. The van der Waals surface area contributed by atoms with Crippen LogP contribution in [0.4, 0.5) is 0 Å². The molecular formula is C18H22ClNO2Si. The van der Waals surface area contributed by atoms with Crippen LogP contribution >= 0.6 is 11.6 Å². The van der Waals surface area contributed by atoms with Gasteiger partial charge in [-0.1, -0.05) is 54.1 Å². The first-order valence-corrected chi connectivity index (χ1v) is 11.4. The smallest absolute Gasteiger partial charge is 0.314 e. The molecule has 5 heteroatoms. The zero-order valence-corrected chi connectivity index (χ0v) is 15.4. The van der Waals surface area contributed by atoms with Gasteiger partial charge in [0.1, 0.15) is 6.04 Å². The molecule has 3 nitrogen and oxygen atoms in total. The van der Waals surface area contributed by atoms with Gasteiger partial charge in [0, 0.05) is 11.6 Å². The van der Waals surface area contributed by atoms with Crippen molar-refractivity contribution in [1.82, 2.24) is 5.32 Å². The van der Waals surface area contributed by atoms with E-state index in [0.717, 1.165) is 11.1 Å². The first-order chi connectivity index (χ1) is 10.8. The minimum atomic E-state index is -1.94. The van der Waals surface area contributed by atoms with E-state index < -0.39 is 14.4 Å². The Balaban J connectivity index is 2.13. The molecule has 2 aromatic carbocycles. The van der Waals surface area contributed by atoms with Gasteiger partial charge in [-0.05, 0) is 42.9 Å². The summed E-state index contributed by atoms with van der Waals surface area (Å²) in [6, 6.07) is 16.8. The average molecular weight is 348 g/mol. The fourth-order valence-electron chi connectivity index (χ4n) is 2.17. The van der Waals surface area contributed by atoms with Crippen molar-refractivity contribution in [1.29, 1.82) is 0 Å². The van der Waals surface area contributed by atoms with Crippen LogP contribution < -0.4 is 5.32 Å². The van der Waals surface area contributed by atoms with Crippen molar-refractivity contribution in [3.05, 3.63) is 70.7 Å². The Kier molecular flexibility index (Phi) is 5.99. The molecule has 0 radical (unpaired) electrons. The third-order valence-corrected chi connectivity index (χ3v) is 4.26. The second-order valence-corrected chi connectivity index (χ2v) is 11.2. The molecule has 23 heavy (non-hydrogen) atoms. The third kappa shape index (κ3) is 5.82. The molecule has 0 aromatic heterocycles. The van der Waals surface area contributed by atoms with Crippen molar-refractivity contribution in [2.24, 2.45) is 0 Å². The highest BCUT2D eigenvalue weighted by atomic mass is 35.5. The molecule has 2 aromatic rings. The maximum Gasteiger partial charge on any atom is 0.314 e. The molecule has 0 bridgehead atoms. The predicted molar refractivity (Wildman–Crippen MR) is 96.9 cm³/mol. The van der Waals surface area contributed by atoms with Crippen molar-refractivity contribution in [3.8, 4) is 0 Å². The lowest BCUT2D eigenvalue weighted by atomic mass is 10.1. The van der Waals surface area contributed by atoms with Gasteiger partial charge >= 0.3 is 5.97 Å². The van der Waals surface area contributed by atoms with E-state index in [2.05, 4.69) is 5.32 Å². The number of carbonyl (C=O) groups excluding carboxylic acids is 1. The summed E-state index contributed by atoms with van der Waals surface area (Å²) in [5.41, 5.74) is 1.97. The molecule has 0 heterocycles. The highest BCUT2D eigenvalue weighted by Crippen LogP contribution is 2.18. The van der Waals surface area contributed by atoms with Gasteiger partial charge < -0.3 is 4.43 Å². The number of rotatable bonds is 6. The number of hydrogen-bond donors (Lipinski definition) is 1. The summed E-state index contributed by atoms with van der Waals surface area (Å²) in [5.74, 6) is -0.218. The van der Waals surface area contributed by atoms with E-state index in [9.17, 15) is 4.79 Å². The molecule has 1 N–H and O–H groups in total. The molecule has 122 valence electrons. The highest BCUT2D eigenvalue weighted by molar-refractivity contribution is 6.71. The number of nitrogens with one attached hydrogen (secondary N) is 1. The topological polar surface area (TPSA) is 38.3 Å². The van der Waals surface area contributed by atoms with Gasteiger partial charge in [0.15, 0.2) is 0 Å². The minimum Gasteiger partial charge on any atom is -0.519 e. The quantitative estimate of drug-likeness (QED) is 0.779. The fourth-order valence-corrected chi connectivity index (χ4v) is 3.01. The molecule has 0 saturated heterocycles. The first-order valence-electron chi connectivity index (χ1n) is 7.61. The predicted octanol–water partition coefficient (Wildman–Crippen LogP) is 4.55. The molecule has 0 aliphatic carbocycles. The Labute approximate surface area is 143 Å². The Bertz CT molecular complexity index is 638. The molecule has 1 atom stereocenters. The van der Waals surface area contributed by atoms with Crippen LogP contribution in [0, 0.1) is 0 Å². The number of carbonyl (C=O) groups is 1. The lowest BCUT2D eigenvalue weighted by molar-refractivity contribution is -0.137. The van der Waals surface area contributed by atoms with Crippen LogP contribution in [0.5, 0.6) is 0 Å². The standard InChI is InChI=1S/C18H22ClNO2Si/c1-23(2,3)22-18(21)17(15-7-5-4-6-8-15)20-13-14-9-11-16(19)12-10-14/h4-12,17,20H,13H2,1-3H3. The zero-order valence-electron chi connectivity index (χ0n) is 13.7. The summed E-state index contributed by atoms with van der Waals surface area (Å²) in [6.07, 6.45) is 0. The molecule has 1 unspecified atom stereocenters. The first kappa shape index (κ1) is 17.7. The van der Waals surface area contributed by atoms with Crippen molar-refractivity contribution < 1.29 is 9.22 Å². The van der Waals surface area contributed by atoms with Crippen molar-refractivity contribution >= 4 is 25.9 Å². The zero-order chi connectivity index (χ0) is 16.9. The Morgan fingerprint density at radius 2 is 1.70 bits per heavy atom. The summed E-state index contributed by atoms with van der Waals surface area (Å²) in [7, 11) is -1.94. The summed E-state index contributed by atoms with van der Waals surface area (Å²) in [6.45, 7) is 6.59. The maximum absolute atomic E-state index is 12.6. The summed E-state index contributed by atoms with van der Waals surface area (Å²) in [4.78, 5) is 12.6. The van der Waals surface area contributed by atoms with Crippen molar-refractivity contribution in [3.63, 3.8) is 0 Å². The lowest BCUT2D eigenvalue weighted by Crippen LogP contribution is -2.37. The molecule has 2 rings (SSSR count). The van der Waals surface area contributed by atoms with Crippen molar-refractivity contribution in [2.75, 3.05) is 0 Å². The van der Waals surface area contributed by atoms with Crippen LogP contribution in [0.15, 0.2) is 54.6 Å². The molecule has 0 aliphatic heterocycles. The molecule has 0 amide bonds. The summed E-state index contributed by atoms with van der Waals surface area (Å²) >= 11 is 5.90. The molecule has 0 spiro atoms. The Morgan fingerprint density at radius 1 is 1.09 bits per heavy atom. The van der Waals surface area contributed by atoms with E-state index in [1.54, 1.807) is 0 Å². The van der Waals surface area contributed by atoms with Gasteiger partial charge in [-0.25, -0.2) is 0 Å². The van der Waals surface area contributed by atoms with E-state index in [4.69, 9.17) is 16.0 Å². The van der Waals surface area contributed by atoms with Crippen LogP contribution in [0.3, 0.4) is 0 Å². The average Bonchev–Trinajstić information content (AvgIpc) is 2.48. The Morgan fingerprint density at radius 3 is 2.26 bits per heavy atom. The molecule has 0 aliphatic rings. The third-order valence-electron chi connectivity index (χ3n) is 3.20. The van der Waals surface area contributed by atoms with E-state index in [1.807, 2.05) is 74.2 Å². The highest BCUT2D eigenvalue weighted by Gasteiger charge is 2.27. The number of halogens is 1. The van der Waals surface area contributed by atoms with E-state index in [0.29, 0.717) is 11.6 Å². The van der Waals surface area contributed by atoms with Crippen LogP contribution in [-0.4, -0.2) is 14.3 Å². The van der Waals surface area contributed by atoms with E-state index in [1.165, 1.54) is 0 Å². The fraction of sp³-hybridized carbons (Fsp3) is 0.278. The van der Waals surface area contributed by atoms with Crippen LogP contribution in [0.1, 0.15) is 17.2 Å². The second-order valence-electron chi connectivity index (χ2n) is 6.38. The van der Waals surface area contributed by atoms with Crippen LogP contribution in [-0.2, 0) is 15.8 Å². The minimum absolute atomic E-state index is 0.218. The summed E-state index contributed by atoms with van der Waals surface area (Å²) in [5, 5.41) is 4.00. The lowest BCUT2D eigenvalue weighted by Gasteiger charge is -2.24. The van der Waals surface area contributed by atoms with Gasteiger partial charge in [0.25, 0.3) is 0 Å².